The highest BCUT2D eigenvalue weighted by molar-refractivity contribution is 7.81. The first kappa shape index (κ1) is 46.8. The average molecular weight is 815 g/mol. The smallest absolute Gasteiger partial charge is 0.437 e. The van der Waals surface area contributed by atoms with Crippen LogP contribution in [-0.4, -0.2) is 100 Å². The molecule has 1 aromatic heterocycles. The largest absolute Gasteiger partial charge is 0.444 e. The van der Waals surface area contributed by atoms with E-state index < -0.39 is 57.4 Å². The molecule has 1 aromatic rings. The van der Waals surface area contributed by atoms with Crippen molar-refractivity contribution in [1.82, 2.24) is 35.9 Å². The molecule has 19 heteroatoms. The second-order valence-corrected chi connectivity index (χ2v) is 17.6. The van der Waals surface area contributed by atoms with Crippen LogP contribution < -0.4 is 10.6 Å². The maximum atomic E-state index is 13.7. The van der Waals surface area contributed by atoms with Gasteiger partial charge in [-0.15, -0.1) is 19.5 Å². The Balaban J connectivity index is 1.70. The molecule has 0 aromatic carbocycles. The lowest BCUT2D eigenvalue weighted by atomic mass is 9.82. The molecule has 3 rings (SSSR count). The number of urea groups is 1. The Bertz CT molecular complexity index is 1560. The van der Waals surface area contributed by atoms with Gasteiger partial charge in [-0.2, -0.15) is 22.8 Å². The first-order valence-electron chi connectivity index (χ1n) is 20.1. The molecule has 3 heterocycles. The Morgan fingerprint density at radius 1 is 0.911 bits per heavy atom. The van der Waals surface area contributed by atoms with Crippen molar-refractivity contribution in [2.75, 3.05) is 19.6 Å². The van der Waals surface area contributed by atoms with Crippen LogP contribution in [0.3, 0.4) is 0 Å². The summed E-state index contributed by atoms with van der Waals surface area (Å²) in [5, 5.41) is 16.1. The number of hydrogen-bond donors (Lipinski definition) is 2. The molecule has 2 aliphatic heterocycles. The maximum absolute atomic E-state index is 13.7. The third kappa shape index (κ3) is 14.4. The quantitative estimate of drug-likeness (QED) is 0.0766. The van der Waals surface area contributed by atoms with Gasteiger partial charge in [-0.25, -0.2) is 14.4 Å². The fourth-order valence-electron chi connectivity index (χ4n) is 6.77. The predicted octanol–water partition coefficient (Wildman–Crippen LogP) is 7.09. The fraction of sp³-hybridized carbons (Fsp3) is 0.838. The molecule has 0 spiro atoms. The molecule has 320 valence electrons. The minimum absolute atomic E-state index is 0.111. The van der Waals surface area contributed by atoms with Crippen molar-refractivity contribution in [1.29, 1.82) is 0 Å². The Morgan fingerprint density at radius 3 is 2.14 bits per heavy atom. The van der Waals surface area contributed by atoms with Crippen molar-refractivity contribution in [2.24, 2.45) is 4.99 Å². The number of carbonyl (C=O) groups excluding carboxylic acids is 3. The number of unbranched alkanes of at least 4 members (excludes halogenated alkanes) is 3. The molecule has 18 nitrogen and oxygen atoms in total. The Kier molecular flexibility index (Phi) is 17.3. The summed E-state index contributed by atoms with van der Waals surface area (Å²) in [6.45, 7) is 19.3. The topological polar surface area (TPSA) is 207 Å². The number of rotatable bonds is 20. The lowest BCUT2D eigenvalue weighted by molar-refractivity contribution is -0.172. The van der Waals surface area contributed by atoms with Gasteiger partial charge in [-0.05, 0) is 80.1 Å². The van der Waals surface area contributed by atoms with E-state index in [1.165, 1.54) is 4.90 Å². The summed E-state index contributed by atoms with van der Waals surface area (Å²) in [5.74, 6) is 0.206. The van der Waals surface area contributed by atoms with E-state index in [0.29, 0.717) is 19.4 Å². The summed E-state index contributed by atoms with van der Waals surface area (Å²) in [6.07, 6.45) is 7.92. The van der Waals surface area contributed by atoms with Crippen LogP contribution in [0.2, 0.25) is 0 Å². The molecule has 0 saturated carbocycles. The molecule has 4 amide bonds. The maximum Gasteiger partial charge on any atom is 0.437 e. The van der Waals surface area contributed by atoms with Crippen molar-refractivity contribution >= 4 is 34.6 Å². The zero-order valence-electron chi connectivity index (χ0n) is 35.1. The van der Waals surface area contributed by atoms with E-state index in [1.54, 1.807) is 46.6 Å². The van der Waals surface area contributed by atoms with Gasteiger partial charge in [0.15, 0.2) is 0 Å². The van der Waals surface area contributed by atoms with Crippen LogP contribution >= 0.6 is 0 Å². The van der Waals surface area contributed by atoms with Crippen LogP contribution in [0, 0.1) is 0 Å². The van der Waals surface area contributed by atoms with Crippen molar-refractivity contribution in [3.63, 3.8) is 0 Å². The highest BCUT2D eigenvalue weighted by Gasteiger charge is 2.50. The van der Waals surface area contributed by atoms with E-state index in [9.17, 15) is 22.8 Å². The molecular formula is C37H66N8O10S. The van der Waals surface area contributed by atoms with Crippen LogP contribution in [0.5, 0.6) is 0 Å². The normalized spacial score (nSPS) is 18.1. The third-order valence-electron chi connectivity index (χ3n) is 9.24. The number of hydroxylamine groups is 4. The summed E-state index contributed by atoms with van der Waals surface area (Å²) in [7, 11) is -4.67. The third-order valence-corrected chi connectivity index (χ3v) is 9.95. The zero-order chi connectivity index (χ0) is 41.7. The summed E-state index contributed by atoms with van der Waals surface area (Å²) < 4.78 is 55.0. The number of aromatic nitrogens is 2. The fourth-order valence-corrected chi connectivity index (χ4v) is 7.63. The number of nitrogens with one attached hydrogen (secondary N) is 2. The van der Waals surface area contributed by atoms with E-state index in [0.717, 1.165) is 69.3 Å². The highest BCUT2D eigenvalue weighted by atomic mass is 32.3. The molecule has 0 aliphatic carbocycles. The Labute approximate surface area is 333 Å². The SMILES string of the molecule is CCCCN(OS(=O)(=O)ON1C(=O)N2C[C@@H]1CC[C@H]2c1nnc(CCN/C(=N\C(=O)OC(C)(C)C)NC(=O)OC(C)(C)C)o1)C(CCC)(CCCC)CCCC. The first-order valence-corrected chi connectivity index (χ1v) is 21.5. The Hall–Kier alpha value is -3.55. The second-order valence-electron chi connectivity index (χ2n) is 16.5. The number of ether oxygens (including phenoxy) is 2. The zero-order valence-corrected chi connectivity index (χ0v) is 36.0. The molecule has 2 bridgehead atoms. The molecule has 0 unspecified atom stereocenters. The standard InChI is InChI=1S/C37H66N8O10S/c1-11-15-22-37(21-14-4,23-16-12-2)44(25-17-13-3)54-56(49,50)55-45-27-18-19-28(43(26-27)34(45)48)30-42-41-29(51-30)20-24-38-31(39-32(46)52-35(5,6)7)40-33(47)53-36(8,9)10/h27-28H,11-26H2,1-10H3,(H2,38,39,40,46,47)/t27-,28-/m0/s1. The number of piperidine rings is 1. The average Bonchev–Trinajstić information content (AvgIpc) is 3.65. The van der Waals surface area contributed by atoms with Crippen molar-refractivity contribution < 1.29 is 45.3 Å². The van der Waals surface area contributed by atoms with Crippen LogP contribution in [0.1, 0.15) is 164 Å². The number of guanidine groups is 1. The van der Waals surface area contributed by atoms with Gasteiger partial charge in [0, 0.05) is 31.6 Å². The molecule has 2 saturated heterocycles. The summed E-state index contributed by atoms with van der Waals surface area (Å²) >= 11 is 0. The molecule has 0 radical (unpaired) electrons. The number of nitrogens with zero attached hydrogens (tertiary/aromatic N) is 6. The van der Waals surface area contributed by atoms with Crippen molar-refractivity contribution in [2.45, 2.75) is 182 Å². The first-order chi connectivity index (χ1) is 26.2. The number of carbonyl (C=O) groups is 3. The van der Waals surface area contributed by atoms with Crippen LogP contribution in [-0.2, 0) is 34.9 Å². The van der Waals surface area contributed by atoms with E-state index in [-0.39, 0.29) is 37.3 Å². The van der Waals surface area contributed by atoms with Gasteiger partial charge in [-0.1, -0.05) is 66.2 Å². The summed E-state index contributed by atoms with van der Waals surface area (Å²) in [4.78, 5) is 43.8. The van der Waals surface area contributed by atoms with Gasteiger partial charge in [0.25, 0.3) is 0 Å². The van der Waals surface area contributed by atoms with Gasteiger partial charge in [0.05, 0.1) is 6.04 Å². The number of aliphatic imine (C=N–C) groups is 1. The van der Waals surface area contributed by atoms with Gasteiger partial charge in [0.1, 0.15) is 17.2 Å². The summed E-state index contributed by atoms with van der Waals surface area (Å²) in [6, 6.07) is -1.77. The minimum Gasteiger partial charge on any atom is -0.444 e. The second kappa shape index (κ2) is 20.7. The van der Waals surface area contributed by atoms with Crippen molar-refractivity contribution in [3.05, 3.63) is 11.8 Å². The number of alkyl carbamates (subject to hydrolysis) is 1. The number of fused-ring (bicyclic) bond motifs is 2. The van der Waals surface area contributed by atoms with Crippen LogP contribution in [0.15, 0.2) is 9.41 Å². The van der Waals surface area contributed by atoms with Crippen LogP contribution in [0.25, 0.3) is 0 Å². The van der Waals surface area contributed by atoms with Gasteiger partial charge in [-0.3, -0.25) is 5.32 Å². The molecule has 2 aliphatic rings. The van der Waals surface area contributed by atoms with Gasteiger partial charge >= 0.3 is 28.6 Å². The van der Waals surface area contributed by atoms with Gasteiger partial charge in [0.2, 0.25) is 17.7 Å². The van der Waals surface area contributed by atoms with Crippen LogP contribution in [0.4, 0.5) is 14.4 Å². The number of hydrogen-bond acceptors (Lipinski definition) is 13. The monoisotopic (exact) mass is 814 g/mol. The number of amides is 4. The van der Waals surface area contributed by atoms with E-state index >= 15 is 0 Å². The molecule has 56 heavy (non-hydrogen) atoms. The lowest BCUT2D eigenvalue weighted by Crippen LogP contribution is -2.51. The predicted molar refractivity (Wildman–Crippen MR) is 208 cm³/mol. The lowest BCUT2D eigenvalue weighted by Gasteiger charge is -2.43. The van der Waals surface area contributed by atoms with E-state index in [2.05, 4.69) is 46.6 Å². The highest BCUT2D eigenvalue weighted by Crippen LogP contribution is 2.39. The van der Waals surface area contributed by atoms with Crippen molar-refractivity contribution in [3.8, 4) is 0 Å². The summed E-state index contributed by atoms with van der Waals surface area (Å²) in [5.41, 5.74) is -2.07. The van der Waals surface area contributed by atoms with E-state index in [4.69, 9.17) is 22.5 Å². The molecule has 2 atom stereocenters. The van der Waals surface area contributed by atoms with E-state index in [1.807, 2.05) is 6.92 Å². The molecular weight excluding hydrogens is 749 g/mol. The Morgan fingerprint density at radius 2 is 1.55 bits per heavy atom. The molecule has 2 N–H and O–H groups in total. The molecule has 2 fully saturated rings. The minimum atomic E-state index is -4.67. The van der Waals surface area contributed by atoms with Gasteiger partial charge < -0.3 is 24.1 Å².